The molecule has 0 spiro atoms. The lowest BCUT2D eigenvalue weighted by Gasteiger charge is -2.14. The molecule has 1 heterocycles. The smallest absolute Gasteiger partial charge is 0.245 e. The summed E-state index contributed by atoms with van der Waals surface area (Å²) >= 11 is 0. The quantitative estimate of drug-likeness (QED) is 0.905. The molecular weight excluding hydrogens is 280 g/mol. The van der Waals surface area contributed by atoms with E-state index in [4.69, 9.17) is 0 Å². The standard InChI is InChI=1S/C16H20N4O2/c1-12(16(22)17-10-15(21)19(2)3)20-11-14(9-18-20)13-7-5-4-6-8-13/h4-9,11-12H,10H2,1-3H3,(H,17,22). The number of amides is 2. The Morgan fingerprint density at radius 3 is 2.55 bits per heavy atom. The van der Waals surface area contributed by atoms with Crippen LogP contribution < -0.4 is 5.32 Å². The molecule has 1 unspecified atom stereocenters. The fourth-order valence-electron chi connectivity index (χ4n) is 1.92. The molecule has 1 N–H and O–H groups in total. The summed E-state index contributed by atoms with van der Waals surface area (Å²) in [5.74, 6) is -0.385. The first-order chi connectivity index (χ1) is 10.5. The average Bonchev–Trinajstić information content (AvgIpc) is 3.02. The summed E-state index contributed by atoms with van der Waals surface area (Å²) in [6, 6.07) is 9.35. The molecule has 0 aliphatic carbocycles. The minimum absolute atomic E-state index is 0.0109. The number of hydrogen-bond donors (Lipinski definition) is 1. The number of aromatic nitrogens is 2. The van der Waals surface area contributed by atoms with Gasteiger partial charge in [-0.2, -0.15) is 5.10 Å². The van der Waals surface area contributed by atoms with Crippen LogP contribution in [-0.4, -0.2) is 47.1 Å². The Bertz CT molecular complexity index is 649. The Balaban J connectivity index is 2.01. The van der Waals surface area contributed by atoms with Gasteiger partial charge < -0.3 is 10.2 Å². The maximum Gasteiger partial charge on any atom is 0.245 e. The third-order valence-corrected chi connectivity index (χ3v) is 3.40. The molecule has 6 heteroatoms. The number of nitrogens with zero attached hydrogens (tertiary/aromatic N) is 3. The largest absolute Gasteiger partial charge is 0.347 e. The number of carbonyl (C=O) groups is 2. The predicted molar refractivity (Wildman–Crippen MR) is 84.1 cm³/mol. The molecule has 0 fully saturated rings. The van der Waals surface area contributed by atoms with E-state index >= 15 is 0 Å². The molecule has 2 amide bonds. The van der Waals surface area contributed by atoms with Crippen molar-refractivity contribution in [2.75, 3.05) is 20.6 Å². The van der Waals surface area contributed by atoms with Crippen molar-refractivity contribution in [3.63, 3.8) is 0 Å². The molecule has 2 rings (SSSR count). The van der Waals surface area contributed by atoms with Crippen molar-refractivity contribution in [2.24, 2.45) is 0 Å². The molecular formula is C16H20N4O2. The fraction of sp³-hybridized carbons (Fsp3) is 0.312. The van der Waals surface area contributed by atoms with Gasteiger partial charge in [0.1, 0.15) is 6.04 Å². The number of benzene rings is 1. The zero-order valence-corrected chi connectivity index (χ0v) is 13.0. The van der Waals surface area contributed by atoms with Gasteiger partial charge in [0, 0.05) is 25.9 Å². The van der Waals surface area contributed by atoms with E-state index in [2.05, 4.69) is 10.4 Å². The molecule has 6 nitrogen and oxygen atoms in total. The minimum Gasteiger partial charge on any atom is -0.347 e. The first-order valence-corrected chi connectivity index (χ1v) is 7.06. The van der Waals surface area contributed by atoms with E-state index in [1.165, 1.54) is 4.90 Å². The molecule has 116 valence electrons. The summed E-state index contributed by atoms with van der Waals surface area (Å²) in [5, 5.41) is 6.86. The van der Waals surface area contributed by atoms with Crippen LogP contribution in [0.3, 0.4) is 0 Å². The third-order valence-electron chi connectivity index (χ3n) is 3.40. The predicted octanol–water partition coefficient (Wildman–Crippen LogP) is 1.32. The summed E-state index contributed by atoms with van der Waals surface area (Å²) in [7, 11) is 3.30. The van der Waals surface area contributed by atoms with Crippen molar-refractivity contribution in [2.45, 2.75) is 13.0 Å². The van der Waals surface area contributed by atoms with Crippen molar-refractivity contribution >= 4 is 11.8 Å². The van der Waals surface area contributed by atoms with Crippen molar-refractivity contribution in [3.8, 4) is 11.1 Å². The van der Waals surface area contributed by atoms with Gasteiger partial charge in [-0.05, 0) is 12.5 Å². The number of nitrogens with one attached hydrogen (secondary N) is 1. The van der Waals surface area contributed by atoms with E-state index in [9.17, 15) is 9.59 Å². The van der Waals surface area contributed by atoms with Crippen LogP contribution in [-0.2, 0) is 9.59 Å². The second kappa shape index (κ2) is 6.89. The van der Waals surface area contributed by atoms with Crippen LogP contribution in [0.5, 0.6) is 0 Å². The second-order valence-electron chi connectivity index (χ2n) is 5.26. The van der Waals surface area contributed by atoms with E-state index in [0.29, 0.717) is 0 Å². The van der Waals surface area contributed by atoms with Gasteiger partial charge in [-0.25, -0.2) is 0 Å². The Morgan fingerprint density at radius 1 is 1.23 bits per heavy atom. The molecule has 0 aliphatic rings. The maximum absolute atomic E-state index is 12.1. The van der Waals surface area contributed by atoms with Gasteiger partial charge in [-0.3, -0.25) is 14.3 Å². The highest BCUT2D eigenvalue weighted by Gasteiger charge is 2.17. The van der Waals surface area contributed by atoms with Gasteiger partial charge in [0.05, 0.1) is 12.7 Å². The van der Waals surface area contributed by atoms with Crippen molar-refractivity contribution < 1.29 is 9.59 Å². The van der Waals surface area contributed by atoms with Gasteiger partial charge in [-0.15, -0.1) is 0 Å². The van der Waals surface area contributed by atoms with Crippen molar-refractivity contribution in [3.05, 3.63) is 42.7 Å². The summed E-state index contributed by atoms with van der Waals surface area (Å²) in [6.45, 7) is 1.74. The monoisotopic (exact) mass is 300 g/mol. The summed E-state index contributed by atoms with van der Waals surface area (Å²) < 4.78 is 1.60. The number of carbonyl (C=O) groups excluding carboxylic acids is 2. The van der Waals surface area contributed by atoms with Crippen LogP contribution in [0, 0.1) is 0 Å². The molecule has 1 atom stereocenters. The van der Waals surface area contributed by atoms with Gasteiger partial charge in [0.25, 0.3) is 0 Å². The average molecular weight is 300 g/mol. The highest BCUT2D eigenvalue weighted by molar-refractivity contribution is 5.86. The molecule has 1 aromatic carbocycles. The van der Waals surface area contributed by atoms with E-state index < -0.39 is 6.04 Å². The minimum atomic E-state index is -0.479. The third kappa shape index (κ3) is 3.72. The van der Waals surface area contributed by atoms with E-state index in [0.717, 1.165) is 11.1 Å². The Kier molecular flexibility index (Phi) is 4.93. The number of rotatable bonds is 5. The number of hydrogen-bond acceptors (Lipinski definition) is 3. The highest BCUT2D eigenvalue weighted by atomic mass is 16.2. The highest BCUT2D eigenvalue weighted by Crippen LogP contribution is 2.19. The lowest BCUT2D eigenvalue weighted by Crippen LogP contribution is -2.39. The Hall–Kier alpha value is -2.63. The number of likely N-dealkylation sites (N-methyl/N-ethyl adjacent to an activating group) is 1. The van der Waals surface area contributed by atoms with Crippen LogP contribution in [0.1, 0.15) is 13.0 Å². The Labute approximate surface area is 129 Å². The van der Waals surface area contributed by atoms with Crippen LogP contribution >= 0.6 is 0 Å². The van der Waals surface area contributed by atoms with Crippen molar-refractivity contribution in [1.29, 1.82) is 0 Å². The summed E-state index contributed by atoms with van der Waals surface area (Å²) in [4.78, 5) is 25.0. The molecule has 1 aromatic heterocycles. The molecule has 0 bridgehead atoms. The second-order valence-corrected chi connectivity index (χ2v) is 5.26. The van der Waals surface area contributed by atoms with Crippen LogP contribution in [0.25, 0.3) is 11.1 Å². The molecule has 0 saturated heterocycles. The lowest BCUT2D eigenvalue weighted by molar-refractivity contribution is -0.131. The molecule has 0 aliphatic heterocycles. The molecule has 22 heavy (non-hydrogen) atoms. The zero-order valence-electron chi connectivity index (χ0n) is 13.0. The molecule has 0 radical (unpaired) electrons. The van der Waals surface area contributed by atoms with Gasteiger partial charge in [0.15, 0.2) is 0 Å². The SMILES string of the molecule is CC(C(=O)NCC(=O)N(C)C)n1cc(-c2ccccc2)cn1. The van der Waals surface area contributed by atoms with Crippen molar-refractivity contribution in [1.82, 2.24) is 20.0 Å². The van der Waals surface area contributed by atoms with Crippen LogP contribution in [0.4, 0.5) is 0 Å². The van der Waals surface area contributed by atoms with Gasteiger partial charge >= 0.3 is 0 Å². The summed E-state index contributed by atoms with van der Waals surface area (Å²) in [5.41, 5.74) is 1.99. The fourth-order valence-corrected chi connectivity index (χ4v) is 1.92. The maximum atomic E-state index is 12.1. The van der Waals surface area contributed by atoms with E-state index in [-0.39, 0.29) is 18.4 Å². The zero-order chi connectivity index (χ0) is 16.1. The van der Waals surface area contributed by atoms with E-state index in [1.54, 1.807) is 31.9 Å². The normalized spacial score (nSPS) is 11.8. The van der Waals surface area contributed by atoms with E-state index in [1.807, 2.05) is 36.5 Å². The molecule has 0 saturated carbocycles. The van der Waals surface area contributed by atoms with Gasteiger partial charge in [-0.1, -0.05) is 30.3 Å². The van der Waals surface area contributed by atoms with Crippen LogP contribution in [0.15, 0.2) is 42.7 Å². The first-order valence-electron chi connectivity index (χ1n) is 7.06. The van der Waals surface area contributed by atoms with Gasteiger partial charge in [0.2, 0.25) is 11.8 Å². The van der Waals surface area contributed by atoms with Crippen LogP contribution in [0.2, 0.25) is 0 Å². The topological polar surface area (TPSA) is 67.2 Å². The lowest BCUT2D eigenvalue weighted by atomic mass is 10.1. The molecule has 2 aromatic rings. The summed E-state index contributed by atoms with van der Waals surface area (Å²) in [6.07, 6.45) is 3.55. The Morgan fingerprint density at radius 2 is 1.91 bits per heavy atom. The first kappa shape index (κ1) is 15.8.